The third-order valence-electron chi connectivity index (χ3n) is 6.11. The molecule has 0 radical (unpaired) electrons. The molecule has 0 spiro atoms. The molecule has 130 valence electrons. The molecule has 0 saturated carbocycles. The van der Waals surface area contributed by atoms with E-state index in [2.05, 4.69) is 27.7 Å². The van der Waals surface area contributed by atoms with Crippen molar-refractivity contribution in [3.05, 3.63) is 55.6 Å². The maximum atomic E-state index is 10.2. The molecule has 2 rings (SSSR count). The molecule has 0 atom stereocenters. The molecule has 2 heteroatoms. The Morgan fingerprint density at radius 3 is 0.833 bits per heavy atom. The van der Waals surface area contributed by atoms with Gasteiger partial charge in [0.2, 0.25) is 0 Å². The minimum absolute atomic E-state index is 0.428. The summed E-state index contributed by atoms with van der Waals surface area (Å²) < 4.78 is 0. The van der Waals surface area contributed by atoms with Crippen LogP contribution in [-0.2, 0) is 12.8 Å². The molecule has 2 nitrogen and oxygen atoms in total. The first-order chi connectivity index (χ1) is 11.1. The fourth-order valence-electron chi connectivity index (χ4n) is 3.74. The molecule has 0 aliphatic carbocycles. The summed E-state index contributed by atoms with van der Waals surface area (Å²) in [6.45, 7) is 16.4. The minimum atomic E-state index is 0.428. The molecule has 0 saturated heterocycles. The van der Waals surface area contributed by atoms with Crippen LogP contribution in [0.5, 0.6) is 11.5 Å². The quantitative estimate of drug-likeness (QED) is 0.798. The SMILES string of the molecule is Cc1c(C)c(CCc2c(C)c(C)c(O)c(C)c2C)c(C)c(C)c1O. The van der Waals surface area contributed by atoms with Crippen LogP contribution in [0.4, 0.5) is 0 Å². The average molecular weight is 326 g/mol. The molecule has 2 aromatic carbocycles. The van der Waals surface area contributed by atoms with Gasteiger partial charge in [-0.2, -0.15) is 0 Å². The zero-order valence-electron chi connectivity index (χ0n) is 16.3. The molecule has 0 fully saturated rings. The average Bonchev–Trinajstić information content (AvgIpc) is 2.57. The van der Waals surface area contributed by atoms with Crippen molar-refractivity contribution < 1.29 is 10.2 Å². The predicted octanol–water partition coefficient (Wildman–Crippen LogP) is 5.35. The van der Waals surface area contributed by atoms with E-state index in [-0.39, 0.29) is 0 Å². The van der Waals surface area contributed by atoms with Gasteiger partial charge in [-0.25, -0.2) is 0 Å². The van der Waals surface area contributed by atoms with Crippen molar-refractivity contribution in [1.29, 1.82) is 0 Å². The number of hydrogen-bond donors (Lipinski definition) is 2. The van der Waals surface area contributed by atoms with E-state index in [0.29, 0.717) is 11.5 Å². The number of hydrogen-bond acceptors (Lipinski definition) is 2. The maximum Gasteiger partial charge on any atom is 0.121 e. The Balaban J connectivity index is 2.48. The summed E-state index contributed by atoms with van der Waals surface area (Å²) >= 11 is 0. The summed E-state index contributed by atoms with van der Waals surface area (Å²) in [7, 11) is 0. The molecule has 0 amide bonds. The highest BCUT2D eigenvalue weighted by Gasteiger charge is 2.17. The van der Waals surface area contributed by atoms with Crippen molar-refractivity contribution in [1.82, 2.24) is 0 Å². The highest BCUT2D eigenvalue weighted by molar-refractivity contribution is 5.55. The first-order valence-corrected chi connectivity index (χ1v) is 8.65. The normalized spacial score (nSPS) is 11.2. The van der Waals surface area contributed by atoms with Crippen LogP contribution in [0.1, 0.15) is 55.6 Å². The van der Waals surface area contributed by atoms with Gasteiger partial charge in [0.15, 0.2) is 0 Å². The van der Waals surface area contributed by atoms with Gasteiger partial charge >= 0.3 is 0 Å². The molecule has 0 unspecified atom stereocenters. The maximum absolute atomic E-state index is 10.2. The Labute approximate surface area is 146 Å². The van der Waals surface area contributed by atoms with Crippen LogP contribution in [0.3, 0.4) is 0 Å². The van der Waals surface area contributed by atoms with Crippen molar-refractivity contribution in [2.45, 2.75) is 68.2 Å². The second kappa shape index (κ2) is 6.51. The summed E-state index contributed by atoms with van der Waals surface area (Å²) in [6.07, 6.45) is 1.90. The molecule has 0 heterocycles. The van der Waals surface area contributed by atoms with Gasteiger partial charge in [-0.1, -0.05) is 0 Å². The number of benzene rings is 2. The lowest BCUT2D eigenvalue weighted by molar-refractivity contribution is 0.464. The fourth-order valence-corrected chi connectivity index (χ4v) is 3.74. The third-order valence-corrected chi connectivity index (χ3v) is 6.11. The minimum Gasteiger partial charge on any atom is -0.507 e. The van der Waals surface area contributed by atoms with E-state index in [1.165, 1.54) is 33.4 Å². The Morgan fingerprint density at radius 2 is 0.625 bits per heavy atom. The molecular formula is C22H30O2. The number of phenols is 2. The van der Waals surface area contributed by atoms with Crippen LogP contribution in [0.25, 0.3) is 0 Å². The zero-order valence-corrected chi connectivity index (χ0v) is 16.3. The second-order valence-corrected chi connectivity index (χ2v) is 7.15. The molecule has 0 aromatic heterocycles. The lowest BCUT2D eigenvalue weighted by Gasteiger charge is -2.20. The largest absolute Gasteiger partial charge is 0.507 e. The Hall–Kier alpha value is -1.96. The molecule has 0 bridgehead atoms. The van der Waals surface area contributed by atoms with E-state index in [0.717, 1.165) is 35.1 Å². The van der Waals surface area contributed by atoms with Gasteiger partial charge < -0.3 is 10.2 Å². The molecule has 2 N–H and O–H groups in total. The summed E-state index contributed by atoms with van der Waals surface area (Å²) in [4.78, 5) is 0. The summed E-state index contributed by atoms with van der Waals surface area (Å²) in [5.74, 6) is 0.856. The van der Waals surface area contributed by atoms with Crippen molar-refractivity contribution in [3.8, 4) is 11.5 Å². The Bertz CT molecular complexity index is 686. The van der Waals surface area contributed by atoms with Crippen molar-refractivity contribution in [2.24, 2.45) is 0 Å². The van der Waals surface area contributed by atoms with Gasteiger partial charge in [-0.3, -0.25) is 0 Å². The van der Waals surface area contributed by atoms with Gasteiger partial charge in [0.1, 0.15) is 11.5 Å². The Morgan fingerprint density at radius 1 is 0.417 bits per heavy atom. The van der Waals surface area contributed by atoms with Crippen LogP contribution in [0.2, 0.25) is 0 Å². The van der Waals surface area contributed by atoms with Crippen LogP contribution >= 0.6 is 0 Å². The van der Waals surface area contributed by atoms with Crippen molar-refractivity contribution in [3.63, 3.8) is 0 Å². The number of aromatic hydroxyl groups is 2. The van der Waals surface area contributed by atoms with Crippen molar-refractivity contribution >= 4 is 0 Å². The van der Waals surface area contributed by atoms with E-state index in [1.807, 2.05) is 27.7 Å². The monoisotopic (exact) mass is 326 g/mol. The number of phenolic OH excluding ortho intramolecular Hbond substituents is 2. The first-order valence-electron chi connectivity index (χ1n) is 8.65. The van der Waals surface area contributed by atoms with E-state index in [9.17, 15) is 10.2 Å². The van der Waals surface area contributed by atoms with Gasteiger partial charge in [-0.05, 0) is 124 Å². The van der Waals surface area contributed by atoms with Gasteiger partial charge in [0, 0.05) is 0 Å². The molecule has 0 aliphatic rings. The third kappa shape index (κ3) is 2.79. The fraction of sp³-hybridized carbons (Fsp3) is 0.455. The molecule has 0 aliphatic heterocycles. The zero-order chi connectivity index (χ0) is 18.3. The van der Waals surface area contributed by atoms with E-state index in [4.69, 9.17) is 0 Å². The van der Waals surface area contributed by atoms with E-state index < -0.39 is 0 Å². The molecular weight excluding hydrogens is 296 g/mol. The predicted molar refractivity (Wildman–Crippen MR) is 102 cm³/mol. The topological polar surface area (TPSA) is 40.5 Å². The van der Waals surface area contributed by atoms with E-state index in [1.54, 1.807) is 0 Å². The van der Waals surface area contributed by atoms with Crippen LogP contribution in [0, 0.1) is 55.4 Å². The Kier molecular flexibility index (Phi) is 4.98. The standard InChI is InChI=1S/C22H30O2/c1-11-15(5)21(23)16(6)12(2)19(11)9-10-20-13(3)17(7)22(24)18(8)14(20)4/h23-24H,9-10H2,1-8H3. The van der Waals surface area contributed by atoms with Gasteiger partial charge in [0.05, 0.1) is 0 Å². The second-order valence-electron chi connectivity index (χ2n) is 7.15. The van der Waals surface area contributed by atoms with Crippen LogP contribution in [0.15, 0.2) is 0 Å². The molecule has 2 aromatic rings. The number of rotatable bonds is 3. The van der Waals surface area contributed by atoms with Gasteiger partial charge in [0.25, 0.3) is 0 Å². The lowest BCUT2D eigenvalue weighted by atomic mass is 9.86. The van der Waals surface area contributed by atoms with Gasteiger partial charge in [-0.15, -0.1) is 0 Å². The lowest BCUT2D eigenvalue weighted by Crippen LogP contribution is -2.06. The smallest absolute Gasteiger partial charge is 0.121 e. The van der Waals surface area contributed by atoms with Crippen LogP contribution < -0.4 is 0 Å². The highest BCUT2D eigenvalue weighted by Crippen LogP contribution is 2.35. The van der Waals surface area contributed by atoms with E-state index >= 15 is 0 Å². The summed E-state index contributed by atoms with van der Waals surface area (Å²) in [5.41, 5.74) is 11.4. The molecule has 24 heavy (non-hydrogen) atoms. The highest BCUT2D eigenvalue weighted by atomic mass is 16.3. The van der Waals surface area contributed by atoms with Crippen LogP contribution in [-0.4, -0.2) is 10.2 Å². The summed E-state index contributed by atoms with van der Waals surface area (Å²) in [6, 6.07) is 0. The summed E-state index contributed by atoms with van der Waals surface area (Å²) in [5, 5.41) is 20.5. The first kappa shape index (κ1) is 18.4. The van der Waals surface area contributed by atoms with Crippen molar-refractivity contribution in [2.75, 3.05) is 0 Å².